The summed E-state index contributed by atoms with van der Waals surface area (Å²) >= 11 is 6.39. The van der Waals surface area contributed by atoms with Crippen LogP contribution in [-0.4, -0.2) is 13.7 Å². The first kappa shape index (κ1) is 11.3. The largest absolute Gasteiger partial charge is 0.417 e. The minimum atomic E-state index is -4.47. The molecular formula is C8H3ClF3N3S. The monoisotopic (exact) mass is 265 g/mol. The van der Waals surface area contributed by atoms with E-state index in [0.29, 0.717) is 0 Å². The fourth-order valence-electron chi connectivity index (χ4n) is 1.17. The lowest BCUT2D eigenvalue weighted by molar-refractivity contribution is -0.137. The Morgan fingerprint density at radius 3 is 2.56 bits per heavy atom. The van der Waals surface area contributed by atoms with Crippen LogP contribution in [0.4, 0.5) is 13.2 Å². The summed E-state index contributed by atoms with van der Waals surface area (Å²) in [6.45, 7) is 0. The maximum atomic E-state index is 12.7. The van der Waals surface area contributed by atoms with Crippen LogP contribution >= 0.6 is 23.3 Å². The second-order valence-corrected chi connectivity index (χ2v) is 3.71. The number of hydrogen-bond acceptors (Lipinski definition) is 4. The average Bonchev–Trinajstić information content (AvgIpc) is 2.63. The van der Waals surface area contributed by atoms with Gasteiger partial charge in [-0.1, -0.05) is 11.6 Å². The van der Waals surface area contributed by atoms with Crippen LogP contribution < -0.4 is 0 Å². The molecular weight excluding hydrogens is 263 g/mol. The van der Waals surface area contributed by atoms with Gasteiger partial charge >= 0.3 is 6.18 Å². The van der Waals surface area contributed by atoms with Crippen LogP contribution in [0.25, 0.3) is 11.3 Å². The topological polar surface area (TPSA) is 38.7 Å². The molecule has 0 saturated carbocycles. The molecule has 0 aromatic carbocycles. The normalized spacial score (nSPS) is 11.8. The van der Waals surface area contributed by atoms with E-state index >= 15 is 0 Å². The molecule has 8 heteroatoms. The zero-order valence-electron chi connectivity index (χ0n) is 7.49. The Morgan fingerprint density at radius 1 is 1.25 bits per heavy atom. The molecule has 0 N–H and O–H groups in total. The molecule has 2 aromatic heterocycles. The Hall–Kier alpha value is -1.21. The van der Waals surface area contributed by atoms with Crippen molar-refractivity contribution in [1.82, 2.24) is 13.7 Å². The summed E-state index contributed by atoms with van der Waals surface area (Å²) in [4.78, 5) is 3.63. The number of nitrogens with zero attached hydrogens (tertiary/aromatic N) is 3. The molecule has 2 heterocycles. The molecule has 0 fully saturated rings. The Kier molecular flexibility index (Phi) is 2.81. The minimum Gasteiger partial charge on any atom is -0.264 e. The Labute approximate surface area is 97.2 Å². The van der Waals surface area contributed by atoms with Crippen molar-refractivity contribution in [3.63, 3.8) is 0 Å². The standard InChI is InChI=1S/C8H3ClF3N3S/c9-7-6(14-16-15-7)4-3-13-2-1-5(4)8(10,11)12/h1-3H. The van der Waals surface area contributed by atoms with E-state index in [2.05, 4.69) is 13.7 Å². The highest BCUT2D eigenvalue weighted by Gasteiger charge is 2.34. The second-order valence-electron chi connectivity index (χ2n) is 2.82. The van der Waals surface area contributed by atoms with Crippen LogP contribution in [0.5, 0.6) is 0 Å². The molecule has 2 rings (SSSR count). The Morgan fingerprint density at radius 2 is 2.00 bits per heavy atom. The van der Waals surface area contributed by atoms with Crippen molar-refractivity contribution in [1.29, 1.82) is 0 Å². The zero-order valence-corrected chi connectivity index (χ0v) is 9.07. The van der Waals surface area contributed by atoms with Crippen LogP contribution in [0.1, 0.15) is 5.56 Å². The maximum absolute atomic E-state index is 12.7. The van der Waals surface area contributed by atoms with Crippen LogP contribution in [0.3, 0.4) is 0 Å². The average molecular weight is 266 g/mol. The highest BCUT2D eigenvalue weighted by Crippen LogP contribution is 2.37. The molecule has 3 nitrogen and oxygen atoms in total. The molecule has 0 amide bonds. The smallest absolute Gasteiger partial charge is 0.264 e. The molecule has 0 unspecified atom stereocenters. The molecule has 0 aliphatic carbocycles. The summed E-state index contributed by atoms with van der Waals surface area (Å²) < 4.78 is 45.3. The van der Waals surface area contributed by atoms with Gasteiger partial charge in [-0.15, -0.1) is 0 Å². The van der Waals surface area contributed by atoms with Crippen molar-refractivity contribution in [3.8, 4) is 11.3 Å². The molecule has 84 valence electrons. The number of alkyl halides is 3. The zero-order chi connectivity index (χ0) is 11.8. The summed E-state index contributed by atoms with van der Waals surface area (Å²) in [6, 6.07) is 0.880. The van der Waals surface area contributed by atoms with E-state index in [-0.39, 0.29) is 16.4 Å². The highest BCUT2D eigenvalue weighted by atomic mass is 35.5. The summed E-state index contributed by atoms with van der Waals surface area (Å²) in [5, 5.41) is -0.0523. The summed E-state index contributed by atoms with van der Waals surface area (Å²) in [5.74, 6) is 0. The van der Waals surface area contributed by atoms with E-state index in [1.807, 2.05) is 0 Å². The third kappa shape index (κ3) is 2.00. The van der Waals surface area contributed by atoms with Gasteiger partial charge < -0.3 is 0 Å². The number of pyridine rings is 1. The summed E-state index contributed by atoms with van der Waals surface area (Å²) in [7, 11) is 0. The lowest BCUT2D eigenvalue weighted by Gasteiger charge is -2.09. The van der Waals surface area contributed by atoms with Gasteiger partial charge in [0.05, 0.1) is 17.3 Å². The van der Waals surface area contributed by atoms with Gasteiger partial charge in [0.2, 0.25) is 0 Å². The van der Waals surface area contributed by atoms with Crippen molar-refractivity contribution in [2.75, 3.05) is 0 Å². The maximum Gasteiger partial charge on any atom is 0.417 e. The molecule has 0 aliphatic heterocycles. The molecule has 0 aliphatic rings. The van der Waals surface area contributed by atoms with Crippen molar-refractivity contribution in [2.45, 2.75) is 6.18 Å². The number of hydrogen-bond donors (Lipinski definition) is 0. The quantitative estimate of drug-likeness (QED) is 0.794. The van der Waals surface area contributed by atoms with E-state index < -0.39 is 11.7 Å². The minimum absolute atomic E-state index is 0.00657. The Balaban J connectivity index is 2.62. The van der Waals surface area contributed by atoms with Crippen LogP contribution in [0.15, 0.2) is 18.5 Å². The lowest BCUT2D eigenvalue weighted by atomic mass is 10.1. The van der Waals surface area contributed by atoms with Gasteiger partial charge in [0.25, 0.3) is 0 Å². The molecule has 0 saturated heterocycles. The molecule has 2 aromatic rings. The van der Waals surface area contributed by atoms with Gasteiger partial charge in [0, 0.05) is 18.0 Å². The van der Waals surface area contributed by atoms with E-state index in [0.717, 1.165) is 30.2 Å². The summed E-state index contributed by atoms with van der Waals surface area (Å²) in [6.07, 6.45) is -2.32. The van der Waals surface area contributed by atoms with Gasteiger partial charge in [-0.3, -0.25) is 4.98 Å². The van der Waals surface area contributed by atoms with Gasteiger partial charge in [-0.25, -0.2) is 0 Å². The van der Waals surface area contributed by atoms with Gasteiger partial charge in [0.15, 0.2) is 5.15 Å². The molecule has 0 atom stereocenters. The van der Waals surface area contributed by atoms with E-state index in [1.54, 1.807) is 0 Å². The number of rotatable bonds is 1. The van der Waals surface area contributed by atoms with Crippen molar-refractivity contribution in [2.24, 2.45) is 0 Å². The number of halogens is 4. The SMILES string of the molecule is FC(F)(F)c1ccncc1-c1nsnc1Cl. The van der Waals surface area contributed by atoms with Gasteiger partial charge in [-0.05, 0) is 6.07 Å². The molecule has 0 spiro atoms. The molecule has 16 heavy (non-hydrogen) atoms. The third-order valence-corrected chi connectivity index (χ3v) is 2.72. The second kappa shape index (κ2) is 3.99. The fourth-order valence-corrected chi connectivity index (χ4v) is 1.92. The summed E-state index contributed by atoms with van der Waals surface area (Å²) in [5.41, 5.74) is -0.974. The van der Waals surface area contributed by atoms with Gasteiger partial charge in [0.1, 0.15) is 5.69 Å². The lowest BCUT2D eigenvalue weighted by Crippen LogP contribution is -2.07. The first-order valence-corrected chi connectivity index (χ1v) is 5.10. The van der Waals surface area contributed by atoms with Crippen molar-refractivity contribution < 1.29 is 13.2 Å². The predicted molar refractivity (Wildman–Crippen MR) is 53.2 cm³/mol. The first-order valence-electron chi connectivity index (χ1n) is 4.00. The van der Waals surface area contributed by atoms with Crippen LogP contribution in [0, 0.1) is 0 Å². The molecule has 0 bridgehead atoms. The Bertz CT molecular complexity index is 511. The van der Waals surface area contributed by atoms with Crippen LogP contribution in [-0.2, 0) is 6.18 Å². The number of aromatic nitrogens is 3. The van der Waals surface area contributed by atoms with Crippen molar-refractivity contribution in [3.05, 3.63) is 29.2 Å². The van der Waals surface area contributed by atoms with Crippen LogP contribution in [0.2, 0.25) is 5.15 Å². The van der Waals surface area contributed by atoms with E-state index in [4.69, 9.17) is 11.6 Å². The molecule has 0 radical (unpaired) electrons. The highest BCUT2D eigenvalue weighted by molar-refractivity contribution is 6.99. The third-order valence-electron chi connectivity index (χ3n) is 1.83. The van der Waals surface area contributed by atoms with Gasteiger partial charge in [-0.2, -0.15) is 21.9 Å². The fraction of sp³-hybridized carbons (Fsp3) is 0.125. The first-order chi connectivity index (χ1) is 7.50. The van der Waals surface area contributed by atoms with E-state index in [1.165, 1.54) is 0 Å². The van der Waals surface area contributed by atoms with E-state index in [9.17, 15) is 13.2 Å². The predicted octanol–water partition coefficient (Wildman–Crippen LogP) is 3.27. The van der Waals surface area contributed by atoms with Crippen molar-refractivity contribution >= 4 is 23.3 Å².